The van der Waals surface area contributed by atoms with E-state index >= 15 is 0 Å². The van der Waals surface area contributed by atoms with Crippen molar-refractivity contribution in [2.24, 2.45) is 0 Å². The molecule has 3 aromatic carbocycles. The highest BCUT2D eigenvalue weighted by Crippen LogP contribution is 2.44. The van der Waals surface area contributed by atoms with Crippen LogP contribution in [0.2, 0.25) is 0 Å². The predicted molar refractivity (Wildman–Crippen MR) is 499 cm³/mol. The summed E-state index contributed by atoms with van der Waals surface area (Å²) in [4.78, 5) is 77.2. The Morgan fingerprint density at radius 3 is 1.14 bits per heavy atom. The standard InChI is InChI=1S/C19H20N4O2S.C18H19FN4O2S2.C17H18N4O2S2.2C16H17N5O2S/c1-9-10(2)22-23-19-15(9)16(20)17(26-19)18(24)21-14-8-13(14)11-4-6-12(25-3)7-5-11;1-9-10(2)22-23-18-14(9)15(20)16(26-18)17(24)21-8-11-5-6-13(12(19)7-11)27(3,4)25;1-9-10(2)20-21-17-13(9)14(18)15(24-17)16(22)19-8-11-4-6-12(7-5-11)25(3)23;1-8-9(2)20-21-16-12(8)13(17)14(24-16)15(22)19-7-10-4-5-18-11(6-10)23-3;1-8-9(2)20-21-16-12(8)13(17)14(24-16)15(22)19-7-10-4-5-11(23-3)18-6-10/h4-7,13-14H,8,20H2,1-3H3,(H,21,24);5-7H,3,8,20H2,1-2,4H3,(H,21,24);4-7H,8,18H2,1-3H3,(H,19,22);2*4-6H,7,17H2,1-3H3,(H,19,22)/t13-,14+;;;;/m0..../s1. The summed E-state index contributed by atoms with van der Waals surface area (Å²) in [6, 6.07) is 26.9. The molecule has 32 nitrogen and oxygen atoms in total. The van der Waals surface area contributed by atoms with Gasteiger partial charge in [0.15, 0.2) is 0 Å². The first kappa shape index (κ1) is 92.2. The van der Waals surface area contributed by atoms with Gasteiger partial charge in [-0.3, -0.25) is 32.4 Å². The van der Waals surface area contributed by atoms with E-state index in [2.05, 4.69) is 93.4 Å². The monoisotopic (exact) mass is 1830 g/mol. The van der Waals surface area contributed by atoms with Crippen molar-refractivity contribution < 1.29 is 51.0 Å². The third-order valence-corrected chi connectivity index (χ3v) is 28.5. The predicted octanol–water partition coefficient (Wildman–Crippen LogP) is 12.9. The highest BCUT2D eigenvalue weighted by atomic mass is 32.2. The van der Waals surface area contributed by atoms with Crippen molar-refractivity contribution in [1.29, 1.82) is 0 Å². The molecule has 12 heterocycles. The number of ether oxygens (including phenoxy) is 3. The second-order valence-electron chi connectivity index (χ2n) is 29.4. The van der Waals surface area contributed by atoms with Gasteiger partial charge in [0.25, 0.3) is 29.5 Å². The van der Waals surface area contributed by atoms with Crippen LogP contribution in [0.1, 0.15) is 145 Å². The Bertz CT molecular complexity index is 6860. The van der Waals surface area contributed by atoms with Crippen LogP contribution in [0.25, 0.3) is 51.1 Å². The highest BCUT2D eigenvalue weighted by Gasteiger charge is 2.40. The van der Waals surface area contributed by atoms with E-state index < -0.39 is 26.1 Å². The minimum Gasteiger partial charge on any atom is -0.497 e. The Kier molecular flexibility index (Phi) is 28.9. The van der Waals surface area contributed by atoms with Crippen LogP contribution < -0.4 is 69.5 Å². The van der Waals surface area contributed by atoms with E-state index in [4.69, 9.17) is 42.9 Å². The number of nitrogens with two attached hydrogens (primary N) is 5. The molecule has 4 atom stereocenters. The van der Waals surface area contributed by atoms with Crippen molar-refractivity contribution in [2.45, 2.75) is 124 Å². The van der Waals surface area contributed by atoms with Gasteiger partial charge in [0.05, 0.1) is 83.1 Å². The number of carbonyl (C=O) groups is 5. The van der Waals surface area contributed by atoms with E-state index in [0.717, 1.165) is 117 Å². The molecule has 0 spiro atoms. The van der Waals surface area contributed by atoms with Crippen molar-refractivity contribution >= 4 is 192 Å². The average molecular weight is 1840 g/mol. The number of nitrogen functional groups attached to an aromatic ring is 5. The number of hydrogen-bond donors (Lipinski definition) is 10. The van der Waals surface area contributed by atoms with Gasteiger partial charge in [0.1, 0.15) is 60.1 Å². The van der Waals surface area contributed by atoms with Gasteiger partial charge >= 0.3 is 0 Å². The topological polar surface area (TPSA) is 492 Å². The van der Waals surface area contributed by atoms with Crippen LogP contribution >= 0.6 is 56.7 Å². The number of aryl methyl sites for hydroxylation is 10. The molecular formula is C86H91FN22O10S7. The molecule has 126 heavy (non-hydrogen) atoms. The number of halogens is 1. The number of thiophene rings is 5. The molecule has 16 rings (SSSR count). The average Bonchev–Trinajstić information content (AvgIpc) is 1.65. The number of fused-ring (bicyclic) bond motifs is 5. The molecule has 0 bridgehead atoms. The van der Waals surface area contributed by atoms with Crippen molar-refractivity contribution in [3.05, 3.63) is 218 Å². The molecule has 2 unspecified atom stereocenters. The second-order valence-corrected chi connectivity index (χ2v) is 38.2. The number of aromatic nitrogens is 12. The lowest BCUT2D eigenvalue weighted by atomic mass is 10.1. The summed E-state index contributed by atoms with van der Waals surface area (Å²) in [5.41, 5.74) is 46.3. The number of nitrogens with zero attached hydrogens (tertiary/aromatic N) is 12. The summed E-state index contributed by atoms with van der Waals surface area (Å²) in [7, 11) is 1.10. The van der Waals surface area contributed by atoms with E-state index in [1.54, 1.807) is 70.3 Å². The Labute approximate surface area is 746 Å². The van der Waals surface area contributed by atoms with Crippen molar-refractivity contribution in [2.75, 3.05) is 62.5 Å². The van der Waals surface area contributed by atoms with Crippen molar-refractivity contribution in [3.63, 3.8) is 0 Å². The fourth-order valence-corrected chi connectivity index (χ4v) is 19.4. The first-order valence-corrected chi connectivity index (χ1v) is 46.4. The minimum absolute atomic E-state index is 0.0655. The quantitative estimate of drug-likeness (QED) is 0.0317. The molecule has 1 aliphatic rings. The largest absolute Gasteiger partial charge is 0.497 e. The SMILES string of the molecule is C=S(C)(=O)c1ccc(CNC(=O)c2sc3nnc(C)c(C)c3c2N)cc1F.COc1cc(CNC(=O)c2sc3nnc(C)c(C)c3c2N)ccn1.COc1ccc(CNC(=O)c2sc3nnc(C)c(C)c3c2N)cn1.COc1ccc([C@@H]2C[C@H]2NC(=O)c2sc3nnc(C)c(C)c3c2N)cc1.Cc1nnc2sc(C(=O)NCc3ccc(S(C)=O)cc3)c(N)c2c1C. The molecular weight excluding hydrogens is 1740 g/mol. The smallest absolute Gasteiger partial charge is 0.263 e. The van der Waals surface area contributed by atoms with Gasteiger partial charge in [-0.25, -0.2) is 14.4 Å². The lowest BCUT2D eigenvalue weighted by Crippen LogP contribution is -2.26. The van der Waals surface area contributed by atoms with Crippen molar-refractivity contribution in [1.82, 2.24) is 87.5 Å². The number of anilines is 5. The van der Waals surface area contributed by atoms with Gasteiger partial charge in [0.2, 0.25) is 11.8 Å². The van der Waals surface area contributed by atoms with Crippen LogP contribution in [-0.2, 0) is 46.5 Å². The fraction of sp³-hybridized carbons (Fsp3) is 0.256. The molecule has 1 saturated carbocycles. The molecule has 1 aliphatic carbocycles. The molecule has 1 fully saturated rings. The molecule has 12 aromatic heterocycles. The second kappa shape index (κ2) is 39.5. The Morgan fingerprint density at radius 1 is 0.452 bits per heavy atom. The number of methoxy groups -OCH3 is 3. The Morgan fingerprint density at radius 2 is 0.802 bits per heavy atom. The van der Waals surface area contributed by atoms with Crippen LogP contribution in [0.15, 0.2) is 113 Å². The number of amides is 5. The first-order chi connectivity index (χ1) is 60.0. The third kappa shape index (κ3) is 20.7. The maximum Gasteiger partial charge on any atom is 0.263 e. The van der Waals surface area contributed by atoms with E-state index in [9.17, 15) is 36.8 Å². The molecule has 0 aliphatic heterocycles. The van der Waals surface area contributed by atoms with Crippen LogP contribution in [-0.4, -0.2) is 145 Å². The van der Waals surface area contributed by atoms with Gasteiger partial charge < -0.3 is 69.5 Å². The van der Waals surface area contributed by atoms with Crippen molar-refractivity contribution in [3.8, 4) is 17.5 Å². The number of pyridine rings is 2. The van der Waals surface area contributed by atoms with E-state index in [-0.39, 0.29) is 47.0 Å². The molecule has 40 heteroatoms. The van der Waals surface area contributed by atoms with Crippen LogP contribution in [0, 0.1) is 75.1 Å². The van der Waals surface area contributed by atoms with Gasteiger partial charge in [0, 0.05) is 118 Å². The highest BCUT2D eigenvalue weighted by molar-refractivity contribution is 7.99. The lowest BCUT2D eigenvalue weighted by Gasteiger charge is -2.08. The third-order valence-electron chi connectivity index (χ3n) is 20.9. The summed E-state index contributed by atoms with van der Waals surface area (Å²) in [6.07, 6.45) is 7.24. The number of rotatable bonds is 20. The van der Waals surface area contributed by atoms with Crippen LogP contribution in [0.5, 0.6) is 17.5 Å². The maximum absolute atomic E-state index is 14.1. The van der Waals surface area contributed by atoms with Gasteiger partial charge in [-0.1, -0.05) is 36.4 Å². The molecule has 15 N–H and O–H groups in total. The number of nitrogens with one attached hydrogen (secondary N) is 5. The van der Waals surface area contributed by atoms with Crippen LogP contribution in [0.4, 0.5) is 32.8 Å². The zero-order valence-electron chi connectivity index (χ0n) is 71.3. The summed E-state index contributed by atoms with van der Waals surface area (Å²) < 4.78 is 52.7. The number of hydrogen-bond acceptors (Lipinski definition) is 32. The summed E-state index contributed by atoms with van der Waals surface area (Å²) in [5.74, 6) is 3.88. The fourth-order valence-electron chi connectivity index (χ4n) is 13.0. The van der Waals surface area contributed by atoms with Crippen LogP contribution in [0.3, 0.4) is 0 Å². The number of carbonyl (C=O) groups excluding carboxylic acids is 5. The molecule has 0 saturated heterocycles. The van der Waals surface area contributed by atoms with Gasteiger partial charge in [-0.2, -0.15) is 25.5 Å². The minimum atomic E-state index is -2.64. The Balaban J connectivity index is 0.000000143. The number of benzene rings is 3. The normalized spacial score (nSPS) is 13.3. The molecule has 15 aromatic rings. The Hall–Kier alpha value is -13.0. The summed E-state index contributed by atoms with van der Waals surface area (Å²) in [6.45, 7) is 20.1. The maximum atomic E-state index is 14.1. The van der Waals surface area contributed by atoms with Gasteiger partial charge in [-0.15, -0.1) is 82.2 Å². The zero-order chi connectivity index (χ0) is 91.0. The van der Waals surface area contributed by atoms with E-state index in [1.807, 2.05) is 118 Å². The molecule has 5 amide bonds. The first-order valence-electron chi connectivity index (χ1n) is 38.7. The van der Waals surface area contributed by atoms with E-state index in [1.165, 1.54) is 80.6 Å². The lowest BCUT2D eigenvalue weighted by molar-refractivity contribution is 0.0947. The summed E-state index contributed by atoms with van der Waals surface area (Å²) >= 11 is 6.21. The van der Waals surface area contributed by atoms with Gasteiger partial charge in [-0.05, 0) is 189 Å². The van der Waals surface area contributed by atoms with E-state index in [0.29, 0.717) is 120 Å². The molecule has 0 radical (unpaired) electrons. The summed E-state index contributed by atoms with van der Waals surface area (Å²) in [5, 5.41) is 59.5. The zero-order valence-corrected chi connectivity index (χ0v) is 77.0. The molecule has 654 valence electrons.